The van der Waals surface area contributed by atoms with Crippen molar-refractivity contribution in [2.45, 2.75) is 12.8 Å². The lowest BCUT2D eigenvalue weighted by Crippen LogP contribution is -2.07. The summed E-state index contributed by atoms with van der Waals surface area (Å²) >= 11 is 9.11. The maximum absolute atomic E-state index is 11.9. The van der Waals surface area contributed by atoms with Crippen LogP contribution in [0.5, 0.6) is 0 Å². The first-order chi connectivity index (χ1) is 8.63. The number of carbonyl (C=O) groups is 1. The second-order valence-electron chi connectivity index (χ2n) is 3.99. The van der Waals surface area contributed by atoms with Crippen molar-refractivity contribution in [2.24, 2.45) is 0 Å². The monoisotopic (exact) mass is 323 g/mol. The Hall–Kier alpha value is -1.19. The van der Waals surface area contributed by atoms with Gasteiger partial charge in [-0.05, 0) is 45.8 Å². The van der Waals surface area contributed by atoms with Gasteiger partial charge in [0.2, 0.25) is 0 Å². The summed E-state index contributed by atoms with van der Waals surface area (Å²) in [7, 11) is 0. The summed E-state index contributed by atoms with van der Waals surface area (Å²) < 4.78 is 0.913. The number of hydrogen-bond acceptors (Lipinski definition) is 2. The van der Waals surface area contributed by atoms with E-state index in [4.69, 9.17) is 11.6 Å². The third kappa shape index (κ3) is 3.93. The van der Waals surface area contributed by atoms with Gasteiger partial charge in [0, 0.05) is 34.2 Å². The van der Waals surface area contributed by atoms with Crippen LogP contribution in [0.3, 0.4) is 0 Å². The Bertz CT molecular complexity index is 487. The van der Waals surface area contributed by atoms with Crippen LogP contribution in [0.1, 0.15) is 11.3 Å². The fourth-order valence-electron chi connectivity index (χ4n) is 1.61. The van der Waals surface area contributed by atoms with Crippen molar-refractivity contribution in [2.75, 3.05) is 0 Å². The Balaban J connectivity index is 1.96. The highest BCUT2D eigenvalue weighted by Gasteiger charge is 2.06. The molecule has 0 saturated carbocycles. The van der Waals surface area contributed by atoms with Gasteiger partial charge in [0.05, 0.1) is 0 Å². The molecule has 0 radical (unpaired) electrons. The Kier molecular flexibility index (Phi) is 4.50. The summed E-state index contributed by atoms with van der Waals surface area (Å²) in [6.07, 6.45) is 2.47. The minimum absolute atomic E-state index is 0.146. The number of ketones is 1. The van der Waals surface area contributed by atoms with Gasteiger partial charge >= 0.3 is 0 Å². The summed E-state index contributed by atoms with van der Waals surface area (Å²) in [6.45, 7) is 0. The molecule has 1 heterocycles. The van der Waals surface area contributed by atoms with E-state index in [2.05, 4.69) is 20.9 Å². The second kappa shape index (κ2) is 6.12. The third-order valence-corrected chi connectivity index (χ3v) is 3.20. The predicted molar refractivity (Wildman–Crippen MR) is 75.8 cm³/mol. The van der Waals surface area contributed by atoms with Gasteiger partial charge in [0.25, 0.3) is 0 Å². The molecule has 18 heavy (non-hydrogen) atoms. The maximum atomic E-state index is 11.9. The van der Waals surface area contributed by atoms with E-state index in [1.807, 2.05) is 24.3 Å². The molecule has 2 nitrogen and oxygen atoms in total. The van der Waals surface area contributed by atoms with Gasteiger partial charge in [-0.15, -0.1) is 0 Å². The van der Waals surface area contributed by atoms with Crippen LogP contribution in [0.25, 0.3) is 0 Å². The molecule has 1 aromatic carbocycles. The first-order valence-electron chi connectivity index (χ1n) is 5.50. The van der Waals surface area contributed by atoms with Gasteiger partial charge in [-0.3, -0.25) is 9.78 Å². The molecule has 4 heteroatoms. The molecule has 0 spiro atoms. The molecule has 0 amide bonds. The Morgan fingerprint density at radius 3 is 2.44 bits per heavy atom. The van der Waals surface area contributed by atoms with Gasteiger partial charge in [-0.1, -0.05) is 23.7 Å². The standard InChI is InChI=1S/C14H11BrClNO/c15-11-3-6-13(17-9-11)8-14(18)7-10-1-4-12(16)5-2-10/h1-6,9H,7-8H2. The first kappa shape index (κ1) is 13.2. The molecular formula is C14H11BrClNO. The molecule has 0 atom stereocenters. The molecule has 0 bridgehead atoms. The van der Waals surface area contributed by atoms with Crippen molar-refractivity contribution in [3.63, 3.8) is 0 Å². The SMILES string of the molecule is O=C(Cc1ccc(Cl)cc1)Cc1ccc(Br)cn1. The Morgan fingerprint density at radius 1 is 1.11 bits per heavy atom. The number of benzene rings is 1. The van der Waals surface area contributed by atoms with Crippen LogP contribution in [-0.2, 0) is 17.6 Å². The fourth-order valence-corrected chi connectivity index (χ4v) is 1.97. The Labute approximate surface area is 119 Å². The van der Waals surface area contributed by atoms with Crippen molar-refractivity contribution >= 4 is 33.3 Å². The highest BCUT2D eigenvalue weighted by Crippen LogP contribution is 2.12. The van der Waals surface area contributed by atoms with Gasteiger partial charge in [0.15, 0.2) is 0 Å². The molecule has 0 aliphatic rings. The minimum atomic E-state index is 0.146. The smallest absolute Gasteiger partial charge is 0.143 e. The minimum Gasteiger partial charge on any atom is -0.299 e. The van der Waals surface area contributed by atoms with E-state index in [0.29, 0.717) is 17.9 Å². The lowest BCUT2D eigenvalue weighted by molar-refractivity contribution is -0.117. The van der Waals surface area contributed by atoms with E-state index < -0.39 is 0 Å². The van der Waals surface area contributed by atoms with E-state index in [1.165, 1.54) is 0 Å². The number of carbonyl (C=O) groups excluding carboxylic acids is 1. The molecule has 0 aliphatic carbocycles. The molecule has 0 N–H and O–H groups in total. The molecule has 2 aromatic rings. The maximum Gasteiger partial charge on any atom is 0.143 e. The quantitative estimate of drug-likeness (QED) is 0.855. The average Bonchev–Trinajstić information content (AvgIpc) is 2.35. The summed E-state index contributed by atoms with van der Waals surface area (Å²) in [5.41, 5.74) is 1.76. The van der Waals surface area contributed by atoms with Crippen LogP contribution in [0.4, 0.5) is 0 Å². The highest BCUT2D eigenvalue weighted by atomic mass is 79.9. The molecular weight excluding hydrogens is 314 g/mol. The fraction of sp³-hybridized carbons (Fsp3) is 0.143. The van der Waals surface area contributed by atoms with E-state index >= 15 is 0 Å². The second-order valence-corrected chi connectivity index (χ2v) is 5.34. The van der Waals surface area contributed by atoms with Crippen molar-refractivity contribution < 1.29 is 4.79 Å². The topological polar surface area (TPSA) is 30.0 Å². The number of halogens is 2. The van der Waals surface area contributed by atoms with E-state index in [0.717, 1.165) is 15.7 Å². The zero-order valence-corrected chi connectivity index (χ0v) is 11.9. The number of hydrogen-bond donors (Lipinski definition) is 0. The van der Waals surface area contributed by atoms with E-state index in [1.54, 1.807) is 18.3 Å². The van der Waals surface area contributed by atoms with Crippen LogP contribution >= 0.6 is 27.5 Å². The molecule has 0 unspecified atom stereocenters. The number of rotatable bonds is 4. The molecule has 0 saturated heterocycles. The Morgan fingerprint density at radius 2 is 1.83 bits per heavy atom. The van der Waals surface area contributed by atoms with Crippen LogP contribution in [0, 0.1) is 0 Å². The highest BCUT2D eigenvalue weighted by molar-refractivity contribution is 9.10. The number of aromatic nitrogens is 1. The molecule has 1 aromatic heterocycles. The van der Waals surface area contributed by atoms with Crippen LogP contribution < -0.4 is 0 Å². The zero-order chi connectivity index (χ0) is 13.0. The number of pyridine rings is 1. The summed E-state index contributed by atoms with van der Waals surface area (Å²) in [6, 6.07) is 11.1. The van der Waals surface area contributed by atoms with Crippen LogP contribution in [0.15, 0.2) is 47.1 Å². The lowest BCUT2D eigenvalue weighted by atomic mass is 10.1. The van der Waals surface area contributed by atoms with Gasteiger partial charge in [-0.25, -0.2) is 0 Å². The normalized spacial score (nSPS) is 10.3. The predicted octanol–water partition coefficient (Wildman–Crippen LogP) is 3.85. The number of nitrogens with zero attached hydrogens (tertiary/aromatic N) is 1. The van der Waals surface area contributed by atoms with E-state index in [9.17, 15) is 4.79 Å². The van der Waals surface area contributed by atoms with Crippen LogP contribution in [-0.4, -0.2) is 10.8 Å². The lowest BCUT2D eigenvalue weighted by Gasteiger charge is -2.02. The van der Waals surface area contributed by atoms with Crippen molar-refractivity contribution in [3.8, 4) is 0 Å². The average molecular weight is 325 g/mol. The van der Waals surface area contributed by atoms with Crippen molar-refractivity contribution in [3.05, 3.63) is 63.3 Å². The van der Waals surface area contributed by atoms with Gasteiger partial charge in [0.1, 0.15) is 5.78 Å². The first-order valence-corrected chi connectivity index (χ1v) is 6.67. The van der Waals surface area contributed by atoms with Crippen LogP contribution in [0.2, 0.25) is 5.02 Å². The largest absolute Gasteiger partial charge is 0.299 e. The van der Waals surface area contributed by atoms with E-state index in [-0.39, 0.29) is 5.78 Å². The summed E-state index contributed by atoms with van der Waals surface area (Å²) in [5, 5.41) is 0.681. The molecule has 92 valence electrons. The van der Waals surface area contributed by atoms with Gasteiger partial charge < -0.3 is 0 Å². The molecule has 0 fully saturated rings. The van der Waals surface area contributed by atoms with Crippen molar-refractivity contribution in [1.82, 2.24) is 4.98 Å². The molecule has 2 rings (SSSR count). The van der Waals surface area contributed by atoms with Gasteiger partial charge in [-0.2, -0.15) is 0 Å². The summed E-state index contributed by atoms with van der Waals surface area (Å²) in [5.74, 6) is 0.146. The molecule has 0 aliphatic heterocycles. The van der Waals surface area contributed by atoms with Crippen molar-refractivity contribution in [1.29, 1.82) is 0 Å². The zero-order valence-electron chi connectivity index (χ0n) is 9.57. The summed E-state index contributed by atoms with van der Waals surface area (Å²) in [4.78, 5) is 16.1. The third-order valence-electron chi connectivity index (χ3n) is 2.48. The number of Topliss-reactive ketones (excluding diaryl/α,β-unsaturated/α-hetero) is 1.